The molecule has 1 fully saturated rings. The SMILES string of the molecule is Cc1cc(CC2CCN(c3ccncn3)CC2)ccn1. The number of rotatable bonds is 3. The molecule has 104 valence electrons. The Hall–Kier alpha value is -1.97. The van der Waals surface area contributed by atoms with Crippen LogP contribution in [-0.4, -0.2) is 28.0 Å². The number of aryl methyl sites for hydroxylation is 1. The van der Waals surface area contributed by atoms with E-state index in [9.17, 15) is 0 Å². The summed E-state index contributed by atoms with van der Waals surface area (Å²) >= 11 is 0. The number of pyridine rings is 1. The second kappa shape index (κ2) is 5.99. The molecule has 0 radical (unpaired) electrons. The quantitative estimate of drug-likeness (QED) is 0.858. The van der Waals surface area contributed by atoms with E-state index in [1.807, 2.05) is 18.5 Å². The standard InChI is InChI=1S/C16H20N4/c1-13-10-15(2-7-18-13)11-14-4-8-20(9-5-14)16-3-6-17-12-19-16/h2-3,6-7,10,12,14H,4-5,8-9,11H2,1H3. The van der Waals surface area contributed by atoms with E-state index < -0.39 is 0 Å². The number of anilines is 1. The van der Waals surface area contributed by atoms with Crippen LogP contribution in [0, 0.1) is 12.8 Å². The van der Waals surface area contributed by atoms with Crippen molar-refractivity contribution in [1.82, 2.24) is 15.0 Å². The van der Waals surface area contributed by atoms with Crippen molar-refractivity contribution >= 4 is 5.82 Å². The summed E-state index contributed by atoms with van der Waals surface area (Å²) in [6.07, 6.45) is 8.98. The van der Waals surface area contributed by atoms with Crippen LogP contribution in [0.5, 0.6) is 0 Å². The highest BCUT2D eigenvalue weighted by Crippen LogP contribution is 2.24. The third kappa shape index (κ3) is 3.13. The van der Waals surface area contributed by atoms with Gasteiger partial charge in [-0.1, -0.05) is 0 Å². The maximum atomic E-state index is 4.33. The first-order valence-corrected chi connectivity index (χ1v) is 7.24. The molecule has 0 aromatic carbocycles. The normalized spacial score (nSPS) is 16.4. The number of aromatic nitrogens is 3. The zero-order valence-corrected chi connectivity index (χ0v) is 11.9. The van der Waals surface area contributed by atoms with E-state index in [0.29, 0.717) is 0 Å². The van der Waals surface area contributed by atoms with Crippen LogP contribution in [-0.2, 0) is 6.42 Å². The molecule has 1 aliphatic rings. The molecule has 20 heavy (non-hydrogen) atoms. The van der Waals surface area contributed by atoms with E-state index in [2.05, 4.69) is 38.9 Å². The van der Waals surface area contributed by atoms with E-state index in [4.69, 9.17) is 0 Å². The minimum Gasteiger partial charge on any atom is -0.357 e. The molecule has 4 nitrogen and oxygen atoms in total. The Morgan fingerprint density at radius 1 is 1.15 bits per heavy atom. The van der Waals surface area contributed by atoms with E-state index in [-0.39, 0.29) is 0 Å². The molecule has 2 aromatic rings. The Morgan fingerprint density at radius 3 is 2.70 bits per heavy atom. The molecule has 0 spiro atoms. The maximum absolute atomic E-state index is 4.33. The molecule has 0 aliphatic carbocycles. The van der Waals surface area contributed by atoms with Crippen LogP contribution in [0.25, 0.3) is 0 Å². The Morgan fingerprint density at radius 2 is 2.00 bits per heavy atom. The molecule has 0 N–H and O–H groups in total. The molecule has 0 amide bonds. The zero-order chi connectivity index (χ0) is 13.8. The van der Waals surface area contributed by atoms with Crippen molar-refractivity contribution in [2.75, 3.05) is 18.0 Å². The highest BCUT2D eigenvalue weighted by Gasteiger charge is 2.20. The Balaban J connectivity index is 1.56. The molecule has 2 aromatic heterocycles. The van der Waals surface area contributed by atoms with Crippen molar-refractivity contribution in [3.63, 3.8) is 0 Å². The lowest BCUT2D eigenvalue weighted by atomic mass is 9.90. The van der Waals surface area contributed by atoms with Crippen LogP contribution in [0.3, 0.4) is 0 Å². The van der Waals surface area contributed by atoms with Crippen molar-refractivity contribution in [3.05, 3.63) is 48.2 Å². The van der Waals surface area contributed by atoms with Gasteiger partial charge in [-0.15, -0.1) is 0 Å². The van der Waals surface area contributed by atoms with Gasteiger partial charge in [0.1, 0.15) is 12.1 Å². The Bertz CT molecular complexity index is 547. The van der Waals surface area contributed by atoms with Gasteiger partial charge in [0.15, 0.2) is 0 Å². The van der Waals surface area contributed by atoms with E-state index in [1.165, 1.54) is 24.8 Å². The van der Waals surface area contributed by atoms with Gasteiger partial charge in [0.25, 0.3) is 0 Å². The molecular weight excluding hydrogens is 248 g/mol. The molecule has 1 aliphatic heterocycles. The van der Waals surface area contributed by atoms with Gasteiger partial charge in [-0.3, -0.25) is 4.98 Å². The van der Waals surface area contributed by atoms with E-state index in [1.54, 1.807) is 6.33 Å². The van der Waals surface area contributed by atoms with Crippen molar-refractivity contribution in [3.8, 4) is 0 Å². The van der Waals surface area contributed by atoms with Gasteiger partial charge in [-0.2, -0.15) is 0 Å². The Kier molecular flexibility index (Phi) is 3.90. The molecule has 4 heteroatoms. The number of nitrogens with zero attached hydrogens (tertiary/aromatic N) is 4. The minimum atomic E-state index is 0.773. The first kappa shape index (κ1) is 13.0. The first-order valence-electron chi connectivity index (χ1n) is 7.24. The number of hydrogen-bond acceptors (Lipinski definition) is 4. The van der Waals surface area contributed by atoms with Crippen LogP contribution in [0.4, 0.5) is 5.82 Å². The van der Waals surface area contributed by atoms with Gasteiger partial charge in [0.05, 0.1) is 0 Å². The summed E-state index contributed by atoms with van der Waals surface area (Å²) in [6.45, 7) is 4.23. The van der Waals surface area contributed by atoms with E-state index in [0.717, 1.165) is 30.5 Å². The monoisotopic (exact) mass is 268 g/mol. The second-order valence-electron chi connectivity index (χ2n) is 5.51. The zero-order valence-electron chi connectivity index (χ0n) is 11.9. The van der Waals surface area contributed by atoms with Crippen molar-refractivity contribution in [1.29, 1.82) is 0 Å². The van der Waals surface area contributed by atoms with E-state index >= 15 is 0 Å². The van der Waals surface area contributed by atoms with Gasteiger partial charge < -0.3 is 4.90 Å². The summed E-state index contributed by atoms with van der Waals surface area (Å²) in [6, 6.07) is 6.34. The van der Waals surface area contributed by atoms with Crippen molar-refractivity contribution < 1.29 is 0 Å². The van der Waals surface area contributed by atoms with Crippen LogP contribution >= 0.6 is 0 Å². The third-order valence-electron chi connectivity index (χ3n) is 3.99. The van der Waals surface area contributed by atoms with Crippen LogP contribution < -0.4 is 4.90 Å². The fraction of sp³-hybridized carbons (Fsp3) is 0.438. The van der Waals surface area contributed by atoms with Gasteiger partial charge in [-0.05, 0) is 55.9 Å². The second-order valence-corrected chi connectivity index (χ2v) is 5.51. The summed E-state index contributed by atoms with van der Waals surface area (Å²) in [4.78, 5) is 14.9. The summed E-state index contributed by atoms with van der Waals surface area (Å²) in [5.74, 6) is 1.83. The molecule has 3 heterocycles. The van der Waals surface area contributed by atoms with Crippen LogP contribution in [0.15, 0.2) is 36.9 Å². The average Bonchev–Trinajstić information content (AvgIpc) is 2.49. The molecular formula is C16H20N4. The molecule has 0 bridgehead atoms. The molecule has 0 saturated carbocycles. The maximum Gasteiger partial charge on any atom is 0.131 e. The summed E-state index contributed by atoms with van der Waals surface area (Å²) in [5.41, 5.74) is 2.53. The summed E-state index contributed by atoms with van der Waals surface area (Å²) in [5, 5.41) is 0. The van der Waals surface area contributed by atoms with Gasteiger partial charge in [0.2, 0.25) is 0 Å². The number of hydrogen-bond donors (Lipinski definition) is 0. The average molecular weight is 268 g/mol. The number of piperidine rings is 1. The van der Waals surface area contributed by atoms with Gasteiger partial charge >= 0.3 is 0 Å². The third-order valence-corrected chi connectivity index (χ3v) is 3.99. The van der Waals surface area contributed by atoms with Crippen molar-refractivity contribution in [2.24, 2.45) is 5.92 Å². The summed E-state index contributed by atoms with van der Waals surface area (Å²) in [7, 11) is 0. The highest BCUT2D eigenvalue weighted by atomic mass is 15.2. The predicted molar refractivity (Wildman–Crippen MR) is 79.6 cm³/mol. The minimum absolute atomic E-state index is 0.773. The molecule has 0 unspecified atom stereocenters. The fourth-order valence-corrected chi connectivity index (χ4v) is 2.90. The van der Waals surface area contributed by atoms with Gasteiger partial charge in [0, 0.05) is 31.2 Å². The largest absolute Gasteiger partial charge is 0.357 e. The highest BCUT2D eigenvalue weighted by molar-refractivity contribution is 5.36. The fourth-order valence-electron chi connectivity index (χ4n) is 2.90. The predicted octanol–water partition coefficient (Wildman–Crippen LogP) is 2.64. The van der Waals surface area contributed by atoms with Crippen molar-refractivity contribution in [2.45, 2.75) is 26.2 Å². The lowest BCUT2D eigenvalue weighted by Crippen LogP contribution is -2.34. The summed E-state index contributed by atoms with van der Waals surface area (Å²) < 4.78 is 0. The molecule has 1 saturated heterocycles. The molecule has 0 atom stereocenters. The first-order chi connectivity index (χ1) is 9.81. The lowest BCUT2D eigenvalue weighted by molar-refractivity contribution is 0.402. The topological polar surface area (TPSA) is 41.9 Å². The Labute approximate surface area is 119 Å². The smallest absolute Gasteiger partial charge is 0.131 e. The van der Waals surface area contributed by atoms with Crippen LogP contribution in [0.2, 0.25) is 0 Å². The molecule has 3 rings (SSSR count). The van der Waals surface area contributed by atoms with Crippen LogP contribution in [0.1, 0.15) is 24.1 Å². The lowest BCUT2D eigenvalue weighted by Gasteiger charge is -2.32. The van der Waals surface area contributed by atoms with Gasteiger partial charge in [-0.25, -0.2) is 9.97 Å².